The molecule has 10 heteroatoms. The summed E-state index contributed by atoms with van der Waals surface area (Å²) in [5.41, 5.74) is 4.50. The number of benzene rings is 1. The maximum absolute atomic E-state index is 14.3. The number of hydrogen-bond donors (Lipinski definition) is 2. The normalized spacial score (nSPS) is 17.5. The van der Waals surface area contributed by atoms with E-state index in [1.165, 1.54) is 0 Å². The maximum Gasteiger partial charge on any atom is 0.270 e. The van der Waals surface area contributed by atoms with E-state index < -0.39 is 0 Å². The molecule has 2 N–H and O–H groups in total. The Bertz CT molecular complexity index is 1440. The van der Waals surface area contributed by atoms with Crippen molar-refractivity contribution in [1.29, 1.82) is 0 Å². The van der Waals surface area contributed by atoms with E-state index in [9.17, 15) is 9.59 Å². The van der Waals surface area contributed by atoms with Crippen LogP contribution < -0.4 is 5.32 Å². The number of aromatic amines is 1. The van der Waals surface area contributed by atoms with E-state index in [0.717, 1.165) is 53.2 Å². The number of amides is 2. The standard InChI is InChI=1S/C30H37N7O2S/c1-19-17-25(20(2)37(19)26-7-6-16-40-26)28(39)36(24-14-12-23(13-15-24)30(3,4)5)18-21-8-10-22(11-9-21)27(38)31-29-32-34-35-33-29/h6-11,16-17,23-24H,12-15,18H2,1-5H3,(H2,31,32,33,34,35,38). The Kier molecular flexibility index (Phi) is 7.89. The molecule has 1 fully saturated rings. The van der Waals surface area contributed by atoms with Crippen LogP contribution in [-0.2, 0) is 6.54 Å². The highest BCUT2D eigenvalue weighted by Gasteiger charge is 2.35. The van der Waals surface area contributed by atoms with Crippen molar-refractivity contribution < 1.29 is 9.59 Å². The van der Waals surface area contributed by atoms with Crippen LogP contribution in [0.1, 0.15) is 84.1 Å². The van der Waals surface area contributed by atoms with Gasteiger partial charge in [0.1, 0.15) is 0 Å². The topological polar surface area (TPSA) is 109 Å². The molecular formula is C30H37N7O2S. The van der Waals surface area contributed by atoms with Crippen LogP contribution in [0, 0.1) is 25.2 Å². The lowest BCUT2D eigenvalue weighted by molar-refractivity contribution is 0.0530. The Morgan fingerprint density at radius 2 is 1.82 bits per heavy atom. The molecule has 0 unspecified atom stereocenters. The van der Waals surface area contributed by atoms with Crippen molar-refractivity contribution in [3.63, 3.8) is 0 Å². The summed E-state index contributed by atoms with van der Waals surface area (Å²) < 4.78 is 2.17. The van der Waals surface area contributed by atoms with Crippen molar-refractivity contribution >= 4 is 29.1 Å². The first-order valence-corrected chi connectivity index (χ1v) is 14.7. The third-order valence-corrected chi connectivity index (χ3v) is 9.00. The highest BCUT2D eigenvalue weighted by Crippen LogP contribution is 2.40. The van der Waals surface area contributed by atoms with Crippen LogP contribution in [0.15, 0.2) is 47.8 Å². The molecule has 0 radical (unpaired) electrons. The van der Waals surface area contributed by atoms with Gasteiger partial charge in [-0.15, -0.1) is 16.4 Å². The van der Waals surface area contributed by atoms with Crippen molar-refractivity contribution in [1.82, 2.24) is 30.1 Å². The van der Waals surface area contributed by atoms with Gasteiger partial charge in [-0.2, -0.15) is 5.21 Å². The number of nitrogens with one attached hydrogen (secondary N) is 2. The summed E-state index contributed by atoms with van der Waals surface area (Å²) in [5.74, 6) is 0.523. The fourth-order valence-electron chi connectivity index (χ4n) is 5.84. The van der Waals surface area contributed by atoms with Gasteiger partial charge in [-0.05, 0) is 97.4 Å². The molecule has 3 heterocycles. The van der Waals surface area contributed by atoms with Crippen molar-refractivity contribution in [3.05, 3.63) is 75.9 Å². The van der Waals surface area contributed by atoms with Crippen LogP contribution >= 0.6 is 11.3 Å². The highest BCUT2D eigenvalue weighted by molar-refractivity contribution is 7.12. The van der Waals surface area contributed by atoms with E-state index in [2.05, 4.69) is 74.5 Å². The maximum atomic E-state index is 14.3. The third kappa shape index (κ3) is 5.86. The van der Waals surface area contributed by atoms with Gasteiger partial charge < -0.3 is 9.47 Å². The van der Waals surface area contributed by atoms with Gasteiger partial charge >= 0.3 is 0 Å². The molecule has 0 atom stereocenters. The lowest BCUT2D eigenvalue weighted by Gasteiger charge is -2.41. The predicted molar refractivity (Wildman–Crippen MR) is 157 cm³/mol. The Labute approximate surface area is 239 Å². The van der Waals surface area contributed by atoms with Gasteiger partial charge in [-0.1, -0.05) is 38.0 Å². The number of carbonyl (C=O) groups is 2. The van der Waals surface area contributed by atoms with E-state index in [1.54, 1.807) is 23.5 Å². The minimum Gasteiger partial charge on any atom is -0.331 e. The Morgan fingerprint density at radius 3 is 2.42 bits per heavy atom. The molecular weight excluding hydrogens is 522 g/mol. The summed E-state index contributed by atoms with van der Waals surface area (Å²) in [4.78, 5) is 28.9. The number of tetrazole rings is 1. The first-order chi connectivity index (χ1) is 19.1. The van der Waals surface area contributed by atoms with Crippen molar-refractivity contribution in [2.45, 2.75) is 72.9 Å². The molecule has 0 bridgehead atoms. The average molecular weight is 560 g/mol. The van der Waals surface area contributed by atoms with E-state index in [4.69, 9.17) is 0 Å². The van der Waals surface area contributed by atoms with Gasteiger partial charge in [0, 0.05) is 29.5 Å². The first kappa shape index (κ1) is 27.8. The molecule has 1 saturated carbocycles. The minimum atomic E-state index is -0.317. The molecule has 210 valence electrons. The lowest BCUT2D eigenvalue weighted by Crippen LogP contribution is -2.43. The van der Waals surface area contributed by atoms with Gasteiger partial charge in [0.15, 0.2) is 0 Å². The molecule has 3 aromatic heterocycles. The van der Waals surface area contributed by atoms with Crippen molar-refractivity contribution in [2.75, 3.05) is 5.32 Å². The average Bonchev–Trinajstić information content (AvgIpc) is 3.69. The predicted octanol–water partition coefficient (Wildman–Crippen LogP) is 6.17. The van der Waals surface area contributed by atoms with Gasteiger partial charge in [-0.25, -0.2) is 0 Å². The molecule has 0 aliphatic heterocycles. The van der Waals surface area contributed by atoms with Crippen LogP contribution in [0.4, 0.5) is 5.95 Å². The first-order valence-electron chi connectivity index (χ1n) is 13.8. The number of rotatable bonds is 7. The van der Waals surface area contributed by atoms with Crippen molar-refractivity contribution in [2.24, 2.45) is 11.3 Å². The molecule has 0 saturated heterocycles. The summed E-state index contributed by atoms with van der Waals surface area (Å²) >= 11 is 1.67. The molecule has 9 nitrogen and oxygen atoms in total. The van der Waals surface area contributed by atoms with Gasteiger partial charge in [0.25, 0.3) is 17.8 Å². The zero-order valence-electron chi connectivity index (χ0n) is 23.8. The highest BCUT2D eigenvalue weighted by atomic mass is 32.1. The summed E-state index contributed by atoms with van der Waals surface area (Å²) in [6.45, 7) is 11.5. The largest absolute Gasteiger partial charge is 0.331 e. The molecule has 1 aliphatic rings. The summed E-state index contributed by atoms with van der Waals surface area (Å²) in [7, 11) is 0. The number of H-pyrrole nitrogens is 1. The second-order valence-electron chi connectivity index (χ2n) is 11.8. The van der Waals surface area contributed by atoms with Gasteiger partial charge in [0.05, 0.1) is 10.6 Å². The van der Waals surface area contributed by atoms with E-state index in [1.807, 2.05) is 31.2 Å². The van der Waals surface area contributed by atoms with Gasteiger partial charge in [0.2, 0.25) is 0 Å². The molecule has 5 rings (SSSR count). The summed E-state index contributed by atoms with van der Waals surface area (Å²) in [5, 5.41) is 19.1. The Hall–Kier alpha value is -3.79. The summed E-state index contributed by atoms with van der Waals surface area (Å²) in [6.07, 6.45) is 4.20. The third-order valence-electron chi connectivity index (χ3n) is 8.15. The monoisotopic (exact) mass is 559 g/mol. The van der Waals surface area contributed by atoms with Crippen molar-refractivity contribution in [3.8, 4) is 5.00 Å². The molecule has 4 aromatic rings. The second kappa shape index (κ2) is 11.4. The lowest BCUT2D eigenvalue weighted by atomic mass is 9.71. The van der Waals surface area contributed by atoms with E-state index in [0.29, 0.717) is 18.0 Å². The molecule has 2 amide bonds. The number of carbonyl (C=O) groups excluding carboxylic acids is 2. The Balaban J connectivity index is 1.39. The van der Waals surface area contributed by atoms with Crippen LogP contribution in [-0.4, -0.2) is 47.9 Å². The van der Waals surface area contributed by atoms with Crippen LogP contribution in [0.3, 0.4) is 0 Å². The number of aromatic nitrogens is 5. The number of nitrogens with zero attached hydrogens (tertiary/aromatic N) is 5. The SMILES string of the molecule is Cc1cc(C(=O)N(Cc2ccc(C(=O)Nc3nn[nH]n3)cc2)C2CCC(C(C)(C)C)CC2)c(C)n1-c1cccs1. The number of thiophene rings is 1. The number of hydrogen-bond acceptors (Lipinski definition) is 6. The fourth-order valence-corrected chi connectivity index (χ4v) is 6.68. The minimum absolute atomic E-state index is 0.0639. The van der Waals surface area contributed by atoms with E-state index >= 15 is 0 Å². The van der Waals surface area contributed by atoms with Crippen LogP contribution in [0.25, 0.3) is 5.00 Å². The molecule has 1 aromatic carbocycles. The number of aryl methyl sites for hydroxylation is 1. The second-order valence-corrected chi connectivity index (χ2v) is 12.7. The molecule has 1 aliphatic carbocycles. The van der Waals surface area contributed by atoms with Crippen LogP contribution in [0.2, 0.25) is 0 Å². The molecule has 40 heavy (non-hydrogen) atoms. The quantitative estimate of drug-likeness (QED) is 0.282. The zero-order chi connectivity index (χ0) is 28.4. The van der Waals surface area contributed by atoms with E-state index in [-0.39, 0.29) is 29.2 Å². The van der Waals surface area contributed by atoms with Crippen LogP contribution in [0.5, 0.6) is 0 Å². The molecule has 0 spiro atoms. The Morgan fingerprint density at radius 1 is 1.10 bits per heavy atom. The number of anilines is 1. The zero-order valence-corrected chi connectivity index (χ0v) is 24.6. The smallest absolute Gasteiger partial charge is 0.270 e. The van der Waals surface area contributed by atoms with Gasteiger partial charge in [-0.3, -0.25) is 14.9 Å². The fraction of sp³-hybridized carbons (Fsp3) is 0.433. The summed E-state index contributed by atoms with van der Waals surface area (Å²) in [6, 6.07) is 13.7.